The van der Waals surface area contributed by atoms with Crippen LogP contribution in [0.2, 0.25) is 0 Å². The van der Waals surface area contributed by atoms with E-state index in [0.717, 1.165) is 32.8 Å². The quantitative estimate of drug-likeness (QED) is 0.446. The highest BCUT2D eigenvalue weighted by atomic mass is 79.9. The summed E-state index contributed by atoms with van der Waals surface area (Å²) in [5.41, 5.74) is 0. The molecule has 0 N–H and O–H groups in total. The molecule has 2 heterocycles. The highest BCUT2D eigenvalue weighted by molar-refractivity contribution is 9.11. The third-order valence-corrected chi connectivity index (χ3v) is 4.33. The van der Waals surface area contributed by atoms with Gasteiger partial charge in [-0.25, -0.2) is 0 Å². The smallest absolute Gasteiger partial charge is 0.350 e. The molecule has 0 aliphatic carbocycles. The lowest BCUT2D eigenvalue weighted by Crippen LogP contribution is -2.31. The third kappa shape index (κ3) is 2.61. The van der Waals surface area contributed by atoms with Crippen molar-refractivity contribution in [2.24, 2.45) is 11.8 Å². The van der Waals surface area contributed by atoms with Gasteiger partial charge in [0.15, 0.2) is 5.82 Å². The first-order valence-electron chi connectivity index (χ1n) is 6.08. The van der Waals surface area contributed by atoms with Gasteiger partial charge in [0.2, 0.25) is 0 Å². The van der Waals surface area contributed by atoms with Crippen LogP contribution < -0.4 is 0 Å². The number of halogens is 1. The third-order valence-electron chi connectivity index (χ3n) is 3.68. The number of ether oxygens (including phenoxy) is 1. The van der Waals surface area contributed by atoms with Crippen LogP contribution in [0, 0.1) is 22.0 Å². The van der Waals surface area contributed by atoms with Gasteiger partial charge in [0, 0.05) is 55.1 Å². The van der Waals surface area contributed by atoms with Crippen LogP contribution in [0.25, 0.3) is 0 Å². The van der Waals surface area contributed by atoms with Crippen LogP contribution in [0.3, 0.4) is 0 Å². The van der Waals surface area contributed by atoms with Gasteiger partial charge in [0.1, 0.15) is 0 Å². The molecule has 0 aromatic heterocycles. The SMILES string of the molecule is CC1COCC1CN1CCN(C)C1=C(Br)[N+](=O)[O-]. The summed E-state index contributed by atoms with van der Waals surface area (Å²) >= 11 is 3.08. The van der Waals surface area contributed by atoms with Crippen molar-refractivity contribution >= 4 is 15.9 Å². The Labute approximate surface area is 115 Å². The average Bonchev–Trinajstić information content (AvgIpc) is 2.86. The molecule has 0 aromatic carbocycles. The molecule has 2 aliphatic rings. The number of rotatable bonds is 3. The topological polar surface area (TPSA) is 58.8 Å². The van der Waals surface area contributed by atoms with Crippen LogP contribution in [0.15, 0.2) is 10.4 Å². The van der Waals surface area contributed by atoms with E-state index in [4.69, 9.17) is 4.74 Å². The maximum Gasteiger partial charge on any atom is 0.350 e. The molecule has 2 fully saturated rings. The summed E-state index contributed by atoms with van der Waals surface area (Å²) in [7, 11) is 1.88. The number of nitro groups is 1. The van der Waals surface area contributed by atoms with E-state index >= 15 is 0 Å². The molecule has 102 valence electrons. The average molecular weight is 320 g/mol. The molecule has 6 nitrogen and oxygen atoms in total. The van der Waals surface area contributed by atoms with Gasteiger partial charge < -0.3 is 14.5 Å². The number of hydrogen-bond acceptors (Lipinski definition) is 5. The fourth-order valence-corrected chi connectivity index (χ4v) is 3.05. The Hall–Kier alpha value is -0.820. The lowest BCUT2D eigenvalue weighted by atomic mass is 9.98. The summed E-state index contributed by atoms with van der Waals surface area (Å²) in [6, 6.07) is 0. The Kier molecular flexibility index (Phi) is 4.11. The van der Waals surface area contributed by atoms with Crippen molar-refractivity contribution in [3.05, 3.63) is 20.5 Å². The van der Waals surface area contributed by atoms with Gasteiger partial charge >= 0.3 is 4.61 Å². The molecule has 0 radical (unpaired) electrons. The molecule has 0 amide bonds. The van der Waals surface area contributed by atoms with Crippen molar-refractivity contribution < 1.29 is 9.66 Å². The molecule has 18 heavy (non-hydrogen) atoms. The normalized spacial score (nSPS) is 31.1. The minimum atomic E-state index is -0.376. The first-order chi connectivity index (χ1) is 8.50. The number of nitrogens with zero attached hydrogens (tertiary/aromatic N) is 3. The van der Waals surface area contributed by atoms with E-state index in [1.165, 1.54) is 0 Å². The minimum absolute atomic E-state index is 0.0501. The van der Waals surface area contributed by atoms with Crippen molar-refractivity contribution in [3.63, 3.8) is 0 Å². The highest BCUT2D eigenvalue weighted by Gasteiger charge is 2.34. The van der Waals surface area contributed by atoms with E-state index < -0.39 is 0 Å². The molecule has 7 heteroatoms. The molecule has 2 aliphatic heterocycles. The first kappa shape index (κ1) is 13.6. The largest absolute Gasteiger partial charge is 0.381 e. The second kappa shape index (κ2) is 5.44. The summed E-state index contributed by atoms with van der Waals surface area (Å²) in [5, 5.41) is 10.9. The zero-order valence-corrected chi connectivity index (χ0v) is 12.2. The maximum atomic E-state index is 10.9. The monoisotopic (exact) mass is 319 g/mol. The summed E-state index contributed by atoms with van der Waals surface area (Å²) in [6.45, 7) is 6.19. The molecule has 2 unspecified atom stereocenters. The van der Waals surface area contributed by atoms with Crippen LogP contribution in [0.4, 0.5) is 0 Å². The fourth-order valence-electron chi connectivity index (χ4n) is 2.49. The predicted molar refractivity (Wildman–Crippen MR) is 70.6 cm³/mol. The van der Waals surface area contributed by atoms with Crippen molar-refractivity contribution in [1.29, 1.82) is 0 Å². The van der Waals surface area contributed by atoms with Crippen LogP contribution in [0.5, 0.6) is 0 Å². The minimum Gasteiger partial charge on any atom is -0.381 e. The van der Waals surface area contributed by atoms with Crippen LogP contribution in [0.1, 0.15) is 6.92 Å². The Morgan fingerprint density at radius 3 is 2.83 bits per heavy atom. The zero-order chi connectivity index (χ0) is 13.3. The van der Waals surface area contributed by atoms with Gasteiger partial charge in [-0.15, -0.1) is 0 Å². The maximum absolute atomic E-state index is 10.9. The van der Waals surface area contributed by atoms with Crippen LogP contribution >= 0.6 is 15.9 Å². The van der Waals surface area contributed by atoms with Gasteiger partial charge in [-0.1, -0.05) is 6.92 Å². The van der Waals surface area contributed by atoms with Crippen molar-refractivity contribution in [3.8, 4) is 0 Å². The zero-order valence-electron chi connectivity index (χ0n) is 10.6. The highest BCUT2D eigenvalue weighted by Crippen LogP contribution is 2.28. The van der Waals surface area contributed by atoms with Gasteiger partial charge in [-0.2, -0.15) is 0 Å². The van der Waals surface area contributed by atoms with E-state index in [0.29, 0.717) is 17.7 Å². The number of hydrogen-bond donors (Lipinski definition) is 0. The van der Waals surface area contributed by atoms with E-state index in [1.54, 1.807) is 0 Å². The molecule has 2 saturated heterocycles. The first-order valence-corrected chi connectivity index (χ1v) is 6.88. The van der Waals surface area contributed by atoms with Gasteiger partial charge in [0.25, 0.3) is 0 Å². The van der Waals surface area contributed by atoms with Gasteiger partial charge in [-0.05, 0) is 5.92 Å². The standard InChI is InChI=1S/C11H18BrN3O3/c1-8-6-18-7-9(8)5-14-4-3-13(2)11(14)10(12)15(16)17/h8-9H,3-7H2,1-2H3. The molecule has 0 bridgehead atoms. The summed E-state index contributed by atoms with van der Waals surface area (Å²) < 4.78 is 5.50. The fraction of sp³-hybridized carbons (Fsp3) is 0.818. The van der Waals surface area contributed by atoms with Crippen LogP contribution in [-0.2, 0) is 4.74 Å². The summed E-state index contributed by atoms with van der Waals surface area (Å²) in [6.07, 6.45) is 0. The lowest BCUT2D eigenvalue weighted by molar-refractivity contribution is -0.411. The van der Waals surface area contributed by atoms with Crippen LogP contribution in [-0.4, -0.2) is 54.6 Å². The molecule has 0 spiro atoms. The lowest BCUT2D eigenvalue weighted by Gasteiger charge is -2.25. The molecule has 2 atom stereocenters. The van der Waals surface area contributed by atoms with Gasteiger partial charge in [-0.3, -0.25) is 10.1 Å². The molecular weight excluding hydrogens is 302 g/mol. The Bertz CT molecular complexity index is 375. The Morgan fingerprint density at radius 2 is 2.28 bits per heavy atom. The molecule has 0 aromatic rings. The van der Waals surface area contributed by atoms with Crippen molar-refractivity contribution in [2.45, 2.75) is 6.92 Å². The van der Waals surface area contributed by atoms with E-state index in [1.807, 2.05) is 11.9 Å². The Morgan fingerprint density at radius 1 is 1.56 bits per heavy atom. The van der Waals surface area contributed by atoms with Gasteiger partial charge in [0.05, 0.1) is 11.5 Å². The van der Waals surface area contributed by atoms with E-state index in [2.05, 4.69) is 27.8 Å². The molecule has 2 rings (SSSR count). The van der Waals surface area contributed by atoms with E-state index in [9.17, 15) is 10.1 Å². The van der Waals surface area contributed by atoms with Crippen molar-refractivity contribution in [1.82, 2.24) is 9.80 Å². The summed E-state index contributed by atoms with van der Waals surface area (Å²) in [4.78, 5) is 14.5. The predicted octanol–water partition coefficient (Wildman–Crippen LogP) is 1.31. The second-order valence-electron chi connectivity index (χ2n) is 5.01. The number of likely N-dealkylation sites (N-methyl/N-ethyl adjacent to an activating group) is 1. The summed E-state index contributed by atoms with van der Waals surface area (Å²) in [5.74, 6) is 1.66. The molecular formula is C11H18BrN3O3. The Balaban J connectivity index is 2.12. The van der Waals surface area contributed by atoms with E-state index in [-0.39, 0.29) is 9.53 Å². The second-order valence-corrected chi connectivity index (χ2v) is 5.77. The molecule has 0 saturated carbocycles. The van der Waals surface area contributed by atoms with Crippen molar-refractivity contribution in [2.75, 3.05) is 39.9 Å².